The van der Waals surface area contributed by atoms with Crippen LogP contribution in [0.1, 0.15) is 25.0 Å². The minimum atomic E-state index is -0.213. The maximum Gasteiger partial charge on any atom is 0.140 e. The van der Waals surface area contributed by atoms with Gasteiger partial charge in [-0.05, 0) is 77.4 Å². The van der Waals surface area contributed by atoms with Gasteiger partial charge in [0.05, 0.1) is 33.1 Å². The lowest BCUT2D eigenvalue weighted by Gasteiger charge is -2.23. The van der Waals surface area contributed by atoms with E-state index in [1.807, 2.05) is 0 Å². The van der Waals surface area contributed by atoms with E-state index in [1.54, 1.807) is 0 Å². The summed E-state index contributed by atoms with van der Waals surface area (Å²) in [6.07, 6.45) is 0. The molecule has 0 unspecified atom stereocenters. The van der Waals surface area contributed by atoms with Crippen LogP contribution >= 0.6 is 0 Å². The first-order valence-electron chi connectivity index (χ1n) is 17.7. The zero-order valence-corrected chi connectivity index (χ0v) is 28.7. The lowest BCUT2D eigenvalue weighted by molar-refractivity contribution is 0.667. The third kappa shape index (κ3) is 3.66. The van der Waals surface area contributed by atoms with Crippen molar-refractivity contribution in [2.45, 2.75) is 19.3 Å². The Morgan fingerprint density at radius 2 is 1.08 bits per heavy atom. The van der Waals surface area contributed by atoms with Crippen LogP contribution in [0.25, 0.3) is 88.5 Å². The van der Waals surface area contributed by atoms with Crippen LogP contribution in [0.15, 0.2) is 152 Å². The summed E-state index contributed by atoms with van der Waals surface area (Å²) < 4.78 is 7.22. The fourth-order valence-electron chi connectivity index (χ4n) is 9.23. The predicted molar refractivity (Wildman–Crippen MR) is 212 cm³/mol. The second kappa shape index (κ2) is 10.1. The van der Waals surface area contributed by atoms with Gasteiger partial charge in [0.25, 0.3) is 0 Å². The minimum Gasteiger partial charge on any atom is -0.327 e. The van der Waals surface area contributed by atoms with Gasteiger partial charge in [0.1, 0.15) is 5.82 Å². The van der Waals surface area contributed by atoms with Crippen molar-refractivity contribution < 1.29 is 0 Å². The van der Waals surface area contributed by atoms with E-state index in [9.17, 15) is 0 Å². The molecule has 0 N–H and O–H groups in total. The summed E-state index contributed by atoms with van der Waals surface area (Å²) in [5.41, 5.74) is 15.7. The van der Waals surface area contributed by atoms with E-state index in [0.717, 1.165) is 28.1 Å². The number of hydrogen-bond acceptors (Lipinski definition) is 1. The Labute approximate surface area is 295 Å². The molecule has 7 aromatic carbocycles. The van der Waals surface area contributed by atoms with Crippen LogP contribution < -0.4 is 0 Å². The summed E-state index contributed by atoms with van der Waals surface area (Å²) in [7, 11) is 2.10. The maximum atomic E-state index is 5.01. The monoisotopic (exact) mass is 654 g/mol. The van der Waals surface area contributed by atoms with Crippen LogP contribution in [0.4, 0.5) is 0 Å². The van der Waals surface area contributed by atoms with E-state index in [-0.39, 0.29) is 5.41 Å². The molecule has 1 aliphatic rings. The number of benzene rings is 7. The van der Waals surface area contributed by atoms with Crippen LogP contribution in [0.2, 0.25) is 0 Å². The molecule has 0 radical (unpaired) electrons. The van der Waals surface area contributed by atoms with E-state index in [2.05, 4.69) is 186 Å². The second-order valence-electron chi connectivity index (χ2n) is 14.4. The molecule has 242 valence electrons. The summed E-state index contributed by atoms with van der Waals surface area (Å²) in [4.78, 5) is 5.01. The van der Waals surface area contributed by atoms with Crippen LogP contribution in [0, 0.1) is 0 Å². The number of imidazole rings is 1. The molecule has 0 bridgehead atoms. The summed E-state index contributed by atoms with van der Waals surface area (Å²) in [5, 5.41) is 5.16. The first-order valence-corrected chi connectivity index (χ1v) is 17.7. The normalized spacial score (nSPS) is 13.5. The summed E-state index contributed by atoms with van der Waals surface area (Å²) in [6, 6.07) is 55.2. The number of hydrogen-bond donors (Lipinski definition) is 0. The topological polar surface area (TPSA) is 27.7 Å². The predicted octanol–water partition coefficient (Wildman–Crippen LogP) is 11.7. The van der Waals surface area contributed by atoms with Gasteiger partial charge in [-0.1, -0.05) is 105 Å². The molecule has 10 aromatic rings. The van der Waals surface area contributed by atoms with Gasteiger partial charge >= 0.3 is 0 Å². The highest BCUT2D eigenvalue weighted by Crippen LogP contribution is 2.58. The average Bonchev–Trinajstić information content (AvgIpc) is 3.87. The molecule has 0 saturated heterocycles. The van der Waals surface area contributed by atoms with Crippen LogP contribution in [-0.2, 0) is 12.5 Å². The van der Waals surface area contributed by atoms with Gasteiger partial charge in [-0.2, -0.15) is 0 Å². The summed E-state index contributed by atoms with van der Waals surface area (Å²) in [5.74, 6) is 0.968. The highest BCUT2D eigenvalue weighted by atomic mass is 15.1. The van der Waals surface area contributed by atoms with E-state index in [1.165, 1.54) is 71.6 Å². The fourth-order valence-corrected chi connectivity index (χ4v) is 9.23. The number of rotatable bonds is 3. The SMILES string of the molecule is Cn1c(-c2ccc(-n3c4ccccc4c4c5c(c6c(c7ccccc7n6-c6ccccc6)c43)-c3ccccc3C5(C)C)cc2)nc2ccccc21. The molecule has 0 atom stereocenters. The molecule has 0 amide bonds. The number of aryl methyl sites for hydroxylation is 1. The zero-order valence-electron chi connectivity index (χ0n) is 28.7. The van der Waals surface area contributed by atoms with Gasteiger partial charge in [0, 0.05) is 56.5 Å². The van der Waals surface area contributed by atoms with E-state index >= 15 is 0 Å². The molecular weight excluding hydrogens is 621 g/mol. The van der Waals surface area contributed by atoms with Crippen molar-refractivity contribution in [1.29, 1.82) is 0 Å². The van der Waals surface area contributed by atoms with Crippen LogP contribution in [0.5, 0.6) is 0 Å². The number of nitrogens with zero attached hydrogens (tertiary/aromatic N) is 4. The first-order chi connectivity index (χ1) is 25.0. The summed E-state index contributed by atoms with van der Waals surface area (Å²) >= 11 is 0. The Balaban J connectivity index is 1.32. The zero-order chi connectivity index (χ0) is 34.0. The number of para-hydroxylation sites is 5. The molecule has 4 nitrogen and oxygen atoms in total. The van der Waals surface area contributed by atoms with Gasteiger partial charge < -0.3 is 13.7 Å². The Hall–Kier alpha value is -6.39. The lowest BCUT2D eigenvalue weighted by Crippen LogP contribution is -2.15. The van der Waals surface area contributed by atoms with E-state index in [0.29, 0.717) is 0 Å². The molecular formula is C47H34N4. The Bertz CT molecular complexity index is 3040. The molecule has 0 spiro atoms. The lowest BCUT2D eigenvalue weighted by atomic mass is 9.80. The van der Waals surface area contributed by atoms with E-state index in [4.69, 9.17) is 4.98 Å². The molecule has 11 rings (SSSR count). The third-order valence-corrected chi connectivity index (χ3v) is 11.4. The quantitative estimate of drug-likeness (QED) is 0.186. The Morgan fingerprint density at radius 1 is 0.510 bits per heavy atom. The molecule has 0 saturated carbocycles. The van der Waals surface area contributed by atoms with Gasteiger partial charge in [-0.3, -0.25) is 0 Å². The standard InChI is InChI=1S/C47H34N4/c1-47(2)35-20-10-7-17-32(35)40-43(47)41-33-18-8-12-22-37(33)51(31-27-25-29(26-28-31)46-48-36-21-11-14-24-39(36)49(46)3)45(41)42-34-19-9-13-23-38(34)50(44(40)42)30-15-5-4-6-16-30/h4-28H,1-3H3. The molecule has 51 heavy (non-hydrogen) atoms. The van der Waals surface area contributed by atoms with Gasteiger partial charge in [0.15, 0.2) is 0 Å². The number of fused-ring (bicyclic) bond motifs is 13. The van der Waals surface area contributed by atoms with Crippen molar-refractivity contribution in [3.8, 4) is 33.9 Å². The first kappa shape index (κ1) is 28.4. The van der Waals surface area contributed by atoms with Crippen molar-refractivity contribution in [2.75, 3.05) is 0 Å². The third-order valence-electron chi connectivity index (χ3n) is 11.4. The number of aromatic nitrogens is 4. The van der Waals surface area contributed by atoms with Crippen molar-refractivity contribution in [3.63, 3.8) is 0 Å². The van der Waals surface area contributed by atoms with Gasteiger partial charge in [-0.15, -0.1) is 0 Å². The maximum absolute atomic E-state index is 5.01. The molecule has 4 heteroatoms. The highest BCUT2D eigenvalue weighted by molar-refractivity contribution is 6.31. The largest absolute Gasteiger partial charge is 0.327 e. The van der Waals surface area contributed by atoms with Crippen LogP contribution in [-0.4, -0.2) is 18.7 Å². The van der Waals surface area contributed by atoms with Crippen molar-refractivity contribution in [3.05, 3.63) is 163 Å². The fraction of sp³-hybridized carbons (Fsp3) is 0.0851. The molecule has 3 aromatic heterocycles. The van der Waals surface area contributed by atoms with Crippen molar-refractivity contribution in [2.24, 2.45) is 7.05 Å². The van der Waals surface area contributed by atoms with Crippen molar-refractivity contribution >= 4 is 54.6 Å². The Kier molecular flexibility index (Phi) is 5.63. The van der Waals surface area contributed by atoms with Gasteiger partial charge in [-0.25, -0.2) is 4.98 Å². The average molecular weight is 655 g/mol. The summed E-state index contributed by atoms with van der Waals surface area (Å²) in [6.45, 7) is 4.83. The van der Waals surface area contributed by atoms with E-state index < -0.39 is 0 Å². The minimum absolute atomic E-state index is 0.213. The highest BCUT2D eigenvalue weighted by Gasteiger charge is 2.41. The van der Waals surface area contributed by atoms with Crippen molar-refractivity contribution in [1.82, 2.24) is 18.7 Å². The molecule has 0 fully saturated rings. The Morgan fingerprint density at radius 3 is 1.80 bits per heavy atom. The molecule has 0 aliphatic heterocycles. The van der Waals surface area contributed by atoms with Crippen LogP contribution in [0.3, 0.4) is 0 Å². The molecule has 3 heterocycles. The smallest absolute Gasteiger partial charge is 0.140 e. The second-order valence-corrected chi connectivity index (χ2v) is 14.4. The molecule has 1 aliphatic carbocycles. The van der Waals surface area contributed by atoms with Gasteiger partial charge in [0.2, 0.25) is 0 Å².